The molecule has 4 rings (SSSR count). The minimum atomic E-state index is -0.727. The number of aliphatic carboxylic acids is 1. The van der Waals surface area contributed by atoms with Gasteiger partial charge in [0.1, 0.15) is 11.5 Å². The number of amides is 1. The Kier molecular flexibility index (Phi) is 8.62. The summed E-state index contributed by atoms with van der Waals surface area (Å²) in [5, 5.41) is 12.0. The lowest BCUT2D eigenvalue weighted by molar-refractivity contribution is -0.143. The maximum Gasteiger partial charge on any atom is 0.306 e. The minimum Gasteiger partial charge on any atom is -0.493 e. The van der Waals surface area contributed by atoms with Crippen LogP contribution >= 0.6 is 0 Å². The van der Waals surface area contributed by atoms with Crippen LogP contribution in [0.2, 0.25) is 0 Å². The van der Waals surface area contributed by atoms with Crippen molar-refractivity contribution < 1.29 is 29.0 Å². The van der Waals surface area contributed by atoms with Gasteiger partial charge < -0.3 is 19.9 Å². The lowest BCUT2D eigenvalue weighted by Crippen LogP contribution is -2.27. The lowest BCUT2D eigenvalue weighted by atomic mass is 9.87. The Bertz CT molecular complexity index is 1070. The molecule has 36 heavy (non-hydrogen) atoms. The van der Waals surface area contributed by atoms with Crippen molar-refractivity contribution in [3.63, 3.8) is 0 Å². The molecule has 2 aromatic carbocycles. The first-order valence-electron chi connectivity index (χ1n) is 12.9. The van der Waals surface area contributed by atoms with E-state index >= 15 is 0 Å². The molecular formula is C29H35NO6. The van der Waals surface area contributed by atoms with Crippen molar-refractivity contribution in [3.8, 4) is 11.5 Å². The molecule has 2 N–H and O–H groups in total. The van der Waals surface area contributed by atoms with E-state index in [9.17, 15) is 14.4 Å². The van der Waals surface area contributed by atoms with Crippen LogP contribution in [-0.2, 0) is 4.79 Å². The number of ether oxygens (including phenoxy) is 2. The third-order valence-corrected chi connectivity index (χ3v) is 6.99. The molecule has 192 valence electrons. The summed E-state index contributed by atoms with van der Waals surface area (Å²) in [7, 11) is 0. The normalized spacial score (nSPS) is 19.4. The van der Waals surface area contributed by atoms with E-state index in [1.54, 1.807) is 18.2 Å². The molecule has 0 radical (unpaired) electrons. The van der Waals surface area contributed by atoms with Gasteiger partial charge >= 0.3 is 5.97 Å². The summed E-state index contributed by atoms with van der Waals surface area (Å²) in [5.41, 5.74) is 2.08. The Labute approximate surface area is 212 Å². The first-order valence-corrected chi connectivity index (χ1v) is 12.9. The van der Waals surface area contributed by atoms with Crippen LogP contribution in [0.4, 0.5) is 0 Å². The molecule has 7 heteroatoms. The second-order valence-corrected chi connectivity index (χ2v) is 9.97. The fraction of sp³-hybridized carbons (Fsp3) is 0.483. The highest BCUT2D eigenvalue weighted by atomic mass is 16.5. The van der Waals surface area contributed by atoms with Crippen molar-refractivity contribution in [1.82, 2.24) is 5.32 Å². The Balaban J connectivity index is 1.17. The van der Waals surface area contributed by atoms with E-state index < -0.39 is 5.97 Å². The van der Waals surface area contributed by atoms with Gasteiger partial charge in [0.05, 0.1) is 18.6 Å². The van der Waals surface area contributed by atoms with Gasteiger partial charge in [0, 0.05) is 24.1 Å². The number of carbonyl (C=O) groups is 3. The van der Waals surface area contributed by atoms with E-state index in [0.717, 1.165) is 30.8 Å². The highest BCUT2D eigenvalue weighted by molar-refractivity contribution is 5.97. The molecule has 0 aromatic heterocycles. The van der Waals surface area contributed by atoms with E-state index in [4.69, 9.17) is 14.6 Å². The molecule has 2 aromatic rings. The summed E-state index contributed by atoms with van der Waals surface area (Å²) in [5.74, 6) is 1.05. The number of benzene rings is 2. The average Bonchev–Trinajstić information content (AvgIpc) is 3.70. The summed E-state index contributed by atoms with van der Waals surface area (Å²) in [4.78, 5) is 36.2. The number of hydrogen-bond acceptors (Lipinski definition) is 5. The Hall–Kier alpha value is -3.35. The average molecular weight is 494 g/mol. The zero-order chi connectivity index (χ0) is 25.5. The van der Waals surface area contributed by atoms with Crippen molar-refractivity contribution in [1.29, 1.82) is 0 Å². The van der Waals surface area contributed by atoms with E-state index in [1.165, 1.54) is 12.8 Å². The molecule has 0 bridgehead atoms. The number of aryl methyl sites for hydroxylation is 1. The van der Waals surface area contributed by atoms with Gasteiger partial charge in [-0.15, -0.1) is 0 Å². The summed E-state index contributed by atoms with van der Waals surface area (Å²) >= 11 is 0. The largest absolute Gasteiger partial charge is 0.493 e. The summed E-state index contributed by atoms with van der Waals surface area (Å²) in [6.07, 6.45) is 6.09. The molecule has 2 aliphatic rings. The Morgan fingerprint density at radius 1 is 0.944 bits per heavy atom. The van der Waals surface area contributed by atoms with Gasteiger partial charge in [0.15, 0.2) is 5.78 Å². The number of rotatable bonds is 12. The van der Waals surface area contributed by atoms with Crippen LogP contribution in [0, 0.1) is 18.8 Å². The van der Waals surface area contributed by atoms with Crippen molar-refractivity contribution in [2.45, 2.75) is 64.4 Å². The van der Waals surface area contributed by atoms with Gasteiger partial charge in [-0.3, -0.25) is 14.4 Å². The first kappa shape index (κ1) is 25.7. The highest BCUT2D eigenvalue weighted by Gasteiger charge is 2.27. The Morgan fingerprint density at radius 3 is 2.28 bits per heavy atom. The second kappa shape index (κ2) is 12.1. The predicted molar refractivity (Wildman–Crippen MR) is 136 cm³/mol. The molecule has 7 nitrogen and oxygen atoms in total. The van der Waals surface area contributed by atoms with E-state index in [-0.39, 0.29) is 23.7 Å². The van der Waals surface area contributed by atoms with Gasteiger partial charge in [-0.25, -0.2) is 0 Å². The molecule has 2 saturated carbocycles. The van der Waals surface area contributed by atoms with Crippen LogP contribution in [0.1, 0.15) is 77.6 Å². The van der Waals surface area contributed by atoms with Crippen LogP contribution in [-0.4, -0.2) is 42.0 Å². The maximum absolute atomic E-state index is 12.7. The smallest absolute Gasteiger partial charge is 0.306 e. The number of carboxylic acids is 1. The van der Waals surface area contributed by atoms with E-state index in [0.29, 0.717) is 55.0 Å². The van der Waals surface area contributed by atoms with Gasteiger partial charge in [0.25, 0.3) is 5.91 Å². The van der Waals surface area contributed by atoms with Crippen LogP contribution in [0.3, 0.4) is 0 Å². The van der Waals surface area contributed by atoms with E-state index in [2.05, 4.69) is 5.32 Å². The zero-order valence-corrected chi connectivity index (χ0v) is 20.8. The van der Waals surface area contributed by atoms with Crippen molar-refractivity contribution >= 4 is 17.7 Å². The molecule has 0 aliphatic heterocycles. The topological polar surface area (TPSA) is 102 Å². The molecule has 0 atom stereocenters. The molecule has 0 saturated heterocycles. The Morgan fingerprint density at radius 2 is 1.64 bits per heavy atom. The summed E-state index contributed by atoms with van der Waals surface area (Å²) in [6, 6.07) is 12.6. The second-order valence-electron chi connectivity index (χ2n) is 9.97. The molecular weight excluding hydrogens is 458 g/mol. The van der Waals surface area contributed by atoms with Crippen LogP contribution in [0.25, 0.3) is 0 Å². The molecule has 0 heterocycles. The highest BCUT2D eigenvalue weighted by Crippen LogP contribution is 2.30. The summed E-state index contributed by atoms with van der Waals surface area (Å²) < 4.78 is 11.7. The van der Waals surface area contributed by atoms with E-state index in [1.807, 2.05) is 31.2 Å². The number of ketones is 1. The van der Waals surface area contributed by atoms with Crippen LogP contribution < -0.4 is 14.8 Å². The van der Waals surface area contributed by atoms with Crippen LogP contribution in [0.5, 0.6) is 11.5 Å². The van der Waals surface area contributed by atoms with Gasteiger partial charge in [0.2, 0.25) is 0 Å². The zero-order valence-electron chi connectivity index (χ0n) is 20.8. The number of nitrogens with one attached hydrogen (secondary N) is 1. The number of carboxylic acid groups (broad SMARTS) is 1. The quantitative estimate of drug-likeness (QED) is 0.311. The minimum absolute atomic E-state index is 0.0108. The fourth-order valence-electron chi connectivity index (χ4n) is 4.53. The van der Waals surface area contributed by atoms with Gasteiger partial charge in [-0.2, -0.15) is 0 Å². The van der Waals surface area contributed by atoms with Gasteiger partial charge in [-0.1, -0.05) is 0 Å². The number of Topliss-reactive ketones (excluding diaryl/α,β-unsaturated/α-hetero) is 1. The molecule has 2 fully saturated rings. The molecule has 2 aliphatic carbocycles. The number of carbonyl (C=O) groups excluding carboxylic acids is 2. The molecule has 0 unspecified atom stereocenters. The monoisotopic (exact) mass is 493 g/mol. The van der Waals surface area contributed by atoms with Crippen molar-refractivity contribution in [2.24, 2.45) is 11.8 Å². The lowest BCUT2D eigenvalue weighted by Gasteiger charge is -2.27. The first-order chi connectivity index (χ1) is 17.4. The van der Waals surface area contributed by atoms with Crippen molar-refractivity contribution in [2.75, 3.05) is 13.2 Å². The standard InChI is InChI=1S/C29H35NO6/c1-19-17-25(36-24-12-8-22(9-13-24)29(33)34)14-15-26(19)27(31)3-2-16-30-28(32)21-6-10-23(11-7-21)35-18-20-4-5-20/h6-7,10-11,14-15,17,20,22,24H,2-5,8-9,12-13,16,18H2,1H3,(H,30,32)(H,33,34). The van der Waals surface area contributed by atoms with Gasteiger partial charge in [-0.05, 0) is 106 Å². The fourth-order valence-corrected chi connectivity index (χ4v) is 4.53. The van der Waals surface area contributed by atoms with Crippen molar-refractivity contribution in [3.05, 3.63) is 59.2 Å². The SMILES string of the molecule is Cc1cc(OC2CCC(C(=O)O)CC2)ccc1C(=O)CCCNC(=O)c1ccc(OCC2CC2)cc1. The van der Waals surface area contributed by atoms with Crippen LogP contribution in [0.15, 0.2) is 42.5 Å². The third kappa shape index (κ3) is 7.33. The molecule has 0 spiro atoms. The predicted octanol–water partition coefficient (Wildman–Crippen LogP) is 5.20. The summed E-state index contributed by atoms with van der Waals surface area (Å²) in [6.45, 7) is 3.05. The third-order valence-electron chi connectivity index (χ3n) is 6.99. The number of hydrogen-bond donors (Lipinski definition) is 2. The molecule has 1 amide bonds. The maximum atomic E-state index is 12.7.